The van der Waals surface area contributed by atoms with Crippen molar-refractivity contribution in [2.24, 2.45) is 5.10 Å². The number of hydrogen-bond acceptors (Lipinski definition) is 2. The second-order valence-corrected chi connectivity index (χ2v) is 5.25. The molecule has 1 aromatic carbocycles. The Labute approximate surface area is 127 Å². The van der Waals surface area contributed by atoms with E-state index in [1.165, 1.54) is 5.56 Å². The first-order chi connectivity index (χ1) is 10.2. The van der Waals surface area contributed by atoms with E-state index in [1.807, 2.05) is 18.2 Å². The van der Waals surface area contributed by atoms with Crippen LogP contribution in [0.5, 0.6) is 0 Å². The molecule has 0 radical (unpaired) electrons. The van der Waals surface area contributed by atoms with E-state index < -0.39 is 0 Å². The Kier molecular flexibility index (Phi) is 3.88. The van der Waals surface area contributed by atoms with Gasteiger partial charge in [-0.15, -0.1) is 0 Å². The number of hydrogen-bond donors (Lipinski definition) is 2. The predicted molar refractivity (Wildman–Crippen MR) is 84.1 cm³/mol. The van der Waals surface area contributed by atoms with Gasteiger partial charge in [0.15, 0.2) is 0 Å². The fraction of sp³-hybridized carbons (Fsp3) is 0.125. The van der Waals surface area contributed by atoms with Crippen LogP contribution in [0.1, 0.15) is 17.7 Å². The molecule has 1 aromatic heterocycles. The first-order valence-corrected chi connectivity index (χ1v) is 7.07. The van der Waals surface area contributed by atoms with E-state index in [0.29, 0.717) is 17.0 Å². The lowest BCUT2D eigenvalue weighted by Crippen LogP contribution is -2.13. The Bertz CT molecular complexity index is 716. The third kappa shape index (κ3) is 3.23. The molecule has 0 fully saturated rings. The number of carbonyl (C=O) groups excluding carboxylic acids is 1. The molecule has 2 N–H and O–H groups in total. The van der Waals surface area contributed by atoms with Gasteiger partial charge in [-0.2, -0.15) is 5.10 Å². The van der Waals surface area contributed by atoms with Crippen LogP contribution in [-0.4, -0.2) is 16.6 Å². The van der Waals surface area contributed by atoms with Gasteiger partial charge in [0.25, 0.3) is 5.91 Å². The number of aryl methyl sites for hydroxylation is 1. The van der Waals surface area contributed by atoms with Crippen molar-refractivity contribution in [3.63, 3.8) is 0 Å². The number of benzene rings is 1. The lowest BCUT2D eigenvalue weighted by Gasteiger charge is -2.02. The van der Waals surface area contributed by atoms with Crippen molar-refractivity contribution >= 4 is 29.3 Å². The lowest BCUT2D eigenvalue weighted by atomic mass is 10.0. The highest BCUT2D eigenvalue weighted by Crippen LogP contribution is 2.18. The molecule has 5 heteroatoms. The van der Waals surface area contributed by atoms with Gasteiger partial charge in [0.05, 0.1) is 16.3 Å². The Morgan fingerprint density at radius 2 is 2.00 bits per heavy atom. The number of amides is 1. The molecule has 2 aromatic rings. The molecule has 3 rings (SSSR count). The summed E-state index contributed by atoms with van der Waals surface area (Å²) in [6, 6.07) is 11.9. The maximum Gasteiger partial charge on any atom is 0.273 e. The number of nitrogens with zero attached hydrogens (tertiary/aromatic N) is 1. The topological polar surface area (TPSA) is 57.2 Å². The van der Waals surface area contributed by atoms with Crippen LogP contribution in [0, 0.1) is 0 Å². The van der Waals surface area contributed by atoms with E-state index in [-0.39, 0.29) is 5.91 Å². The van der Waals surface area contributed by atoms with E-state index in [2.05, 4.69) is 27.6 Å². The molecule has 0 unspecified atom stereocenters. The highest BCUT2D eigenvalue weighted by Gasteiger charge is 2.22. The SMILES string of the molecule is O=C1NN=C(CCc2ccccc2)/C1=C\c1cc(Cl)c[nH]1. The Morgan fingerprint density at radius 1 is 1.19 bits per heavy atom. The van der Waals surface area contributed by atoms with E-state index in [1.54, 1.807) is 18.3 Å². The van der Waals surface area contributed by atoms with Crippen molar-refractivity contribution < 1.29 is 4.79 Å². The van der Waals surface area contributed by atoms with Crippen molar-refractivity contribution in [2.45, 2.75) is 12.8 Å². The summed E-state index contributed by atoms with van der Waals surface area (Å²) in [6.07, 6.45) is 5.01. The largest absolute Gasteiger partial charge is 0.360 e. The van der Waals surface area contributed by atoms with Crippen molar-refractivity contribution in [2.75, 3.05) is 0 Å². The third-order valence-corrected chi connectivity index (χ3v) is 3.53. The number of nitrogens with one attached hydrogen (secondary N) is 2. The smallest absolute Gasteiger partial charge is 0.273 e. The fourth-order valence-electron chi connectivity index (χ4n) is 2.24. The van der Waals surface area contributed by atoms with Gasteiger partial charge >= 0.3 is 0 Å². The summed E-state index contributed by atoms with van der Waals surface area (Å²) in [4.78, 5) is 14.9. The first kappa shape index (κ1) is 13.6. The van der Waals surface area contributed by atoms with Gasteiger partial charge in [0.2, 0.25) is 0 Å². The van der Waals surface area contributed by atoms with E-state index in [9.17, 15) is 4.79 Å². The molecule has 1 amide bonds. The van der Waals surface area contributed by atoms with Gasteiger partial charge in [-0.3, -0.25) is 4.79 Å². The standard InChI is InChI=1S/C16H14ClN3O/c17-12-8-13(18-10-12)9-14-15(19-20-16(14)21)7-6-11-4-2-1-3-5-11/h1-5,8-10,18H,6-7H2,(H,20,21)/b14-9+. The van der Waals surface area contributed by atoms with Gasteiger partial charge in [0, 0.05) is 11.9 Å². The number of H-pyrrole nitrogens is 1. The van der Waals surface area contributed by atoms with Crippen LogP contribution in [0.2, 0.25) is 5.02 Å². The molecule has 2 heterocycles. The zero-order valence-electron chi connectivity index (χ0n) is 11.3. The van der Waals surface area contributed by atoms with Crippen molar-refractivity contribution in [3.8, 4) is 0 Å². The number of rotatable bonds is 4. The summed E-state index contributed by atoms with van der Waals surface area (Å²) < 4.78 is 0. The zero-order valence-corrected chi connectivity index (χ0v) is 12.0. The minimum absolute atomic E-state index is 0.177. The van der Waals surface area contributed by atoms with Crippen LogP contribution in [0.4, 0.5) is 0 Å². The van der Waals surface area contributed by atoms with E-state index >= 15 is 0 Å². The lowest BCUT2D eigenvalue weighted by molar-refractivity contribution is -0.116. The first-order valence-electron chi connectivity index (χ1n) is 6.69. The molecule has 0 aliphatic carbocycles. The monoisotopic (exact) mass is 299 g/mol. The maximum absolute atomic E-state index is 11.9. The minimum atomic E-state index is -0.177. The molecular formula is C16H14ClN3O. The Morgan fingerprint density at radius 3 is 2.71 bits per heavy atom. The van der Waals surface area contributed by atoms with Crippen molar-refractivity contribution in [1.29, 1.82) is 0 Å². The summed E-state index contributed by atoms with van der Waals surface area (Å²) >= 11 is 5.87. The number of aromatic nitrogens is 1. The highest BCUT2D eigenvalue weighted by molar-refractivity contribution is 6.31. The summed E-state index contributed by atoms with van der Waals surface area (Å²) in [7, 11) is 0. The van der Waals surface area contributed by atoms with Gasteiger partial charge in [-0.25, -0.2) is 5.43 Å². The quantitative estimate of drug-likeness (QED) is 0.837. The van der Waals surface area contributed by atoms with Crippen LogP contribution >= 0.6 is 11.6 Å². The molecule has 0 atom stereocenters. The summed E-state index contributed by atoms with van der Waals surface area (Å²) in [5.74, 6) is -0.177. The van der Waals surface area contributed by atoms with E-state index in [4.69, 9.17) is 11.6 Å². The number of carbonyl (C=O) groups is 1. The van der Waals surface area contributed by atoms with Gasteiger partial charge in [-0.05, 0) is 30.5 Å². The molecule has 1 aliphatic heterocycles. The molecule has 0 bridgehead atoms. The van der Waals surface area contributed by atoms with Crippen LogP contribution in [0.3, 0.4) is 0 Å². The minimum Gasteiger partial charge on any atom is -0.360 e. The molecule has 0 spiro atoms. The second-order valence-electron chi connectivity index (χ2n) is 4.82. The summed E-state index contributed by atoms with van der Waals surface area (Å²) in [5.41, 5.74) is 5.89. The van der Waals surface area contributed by atoms with Crippen LogP contribution in [-0.2, 0) is 11.2 Å². The van der Waals surface area contributed by atoms with E-state index in [0.717, 1.165) is 17.8 Å². The zero-order chi connectivity index (χ0) is 14.7. The van der Waals surface area contributed by atoms with Crippen LogP contribution in [0.25, 0.3) is 6.08 Å². The second kappa shape index (κ2) is 5.97. The predicted octanol–water partition coefficient (Wildman–Crippen LogP) is 3.17. The normalized spacial score (nSPS) is 16.1. The molecule has 106 valence electrons. The van der Waals surface area contributed by atoms with Gasteiger partial charge < -0.3 is 4.98 Å². The number of halogens is 1. The van der Waals surface area contributed by atoms with Crippen LogP contribution in [0.15, 0.2) is 53.3 Å². The molecular weight excluding hydrogens is 286 g/mol. The number of aromatic amines is 1. The fourth-order valence-corrected chi connectivity index (χ4v) is 2.41. The van der Waals surface area contributed by atoms with Crippen molar-refractivity contribution in [1.82, 2.24) is 10.4 Å². The van der Waals surface area contributed by atoms with Crippen LogP contribution < -0.4 is 5.43 Å². The third-order valence-electron chi connectivity index (χ3n) is 3.31. The highest BCUT2D eigenvalue weighted by atomic mass is 35.5. The molecule has 0 saturated heterocycles. The van der Waals surface area contributed by atoms with Gasteiger partial charge in [0.1, 0.15) is 0 Å². The average Bonchev–Trinajstić information content (AvgIpc) is 3.06. The number of hydrazone groups is 1. The molecule has 21 heavy (non-hydrogen) atoms. The molecule has 1 aliphatic rings. The Hall–Kier alpha value is -2.33. The molecule has 4 nitrogen and oxygen atoms in total. The van der Waals surface area contributed by atoms with Gasteiger partial charge in [-0.1, -0.05) is 41.9 Å². The summed E-state index contributed by atoms with van der Waals surface area (Å²) in [5, 5.41) is 4.73. The molecule has 0 saturated carbocycles. The summed E-state index contributed by atoms with van der Waals surface area (Å²) in [6.45, 7) is 0. The Balaban J connectivity index is 1.75. The van der Waals surface area contributed by atoms with Crippen molar-refractivity contribution in [3.05, 3.63) is 64.4 Å². The average molecular weight is 300 g/mol. The maximum atomic E-state index is 11.9.